The zero-order valence-corrected chi connectivity index (χ0v) is 23.3. The number of aromatic hydroxyl groups is 1. The number of hydrogen-bond acceptors (Lipinski definition) is 7. The van der Waals surface area contributed by atoms with Crippen molar-refractivity contribution in [3.8, 4) is 22.1 Å². The van der Waals surface area contributed by atoms with E-state index in [1.165, 1.54) is 42.6 Å². The molecule has 0 unspecified atom stereocenters. The molecule has 6 nitrogen and oxygen atoms in total. The van der Waals surface area contributed by atoms with Crippen LogP contribution in [0.1, 0.15) is 52.7 Å². The molecule has 7 heteroatoms. The maximum Gasteiger partial charge on any atom is 0.213 e. The third-order valence-electron chi connectivity index (χ3n) is 7.95. The number of nitrogens with zero attached hydrogens (tertiary/aromatic N) is 3. The van der Waals surface area contributed by atoms with Crippen LogP contribution >= 0.6 is 11.3 Å². The highest BCUT2D eigenvalue weighted by Crippen LogP contribution is 2.41. The Bertz CT molecular complexity index is 1470. The van der Waals surface area contributed by atoms with Crippen molar-refractivity contribution in [2.75, 3.05) is 39.3 Å². The number of ether oxygens (including phenoxy) is 1. The van der Waals surface area contributed by atoms with E-state index in [2.05, 4.69) is 27.8 Å². The lowest BCUT2D eigenvalue weighted by atomic mass is 9.95. The number of carbonyl (C=O) groups is 1. The maximum absolute atomic E-state index is 14.0. The summed E-state index contributed by atoms with van der Waals surface area (Å²) in [5.41, 5.74) is 4.63. The summed E-state index contributed by atoms with van der Waals surface area (Å²) in [5, 5.41) is 11.0. The van der Waals surface area contributed by atoms with Gasteiger partial charge in [-0.15, -0.1) is 11.3 Å². The molecule has 0 spiro atoms. The number of phenols is 1. The van der Waals surface area contributed by atoms with Gasteiger partial charge in [-0.25, -0.2) is 4.98 Å². The summed E-state index contributed by atoms with van der Waals surface area (Å²) in [6.07, 6.45) is 6.85. The van der Waals surface area contributed by atoms with Gasteiger partial charge in [0.1, 0.15) is 12.4 Å². The summed E-state index contributed by atoms with van der Waals surface area (Å²) in [4.78, 5) is 24.3. The van der Waals surface area contributed by atoms with Gasteiger partial charge in [-0.3, -0.25) is 14.6 Å². The minimum absolute atomic E-state index is 0.0105. The first-order chi connectivity index (χ1) is 19.0. The summed E-state index contributed by atoms with van der Waals surface area (Å²) in [6, 6.07) is 15.2. The number of phenolic OH excluding ortho intramolecular Hbond substituents is 1. The quantitative estimate of drug-likeness (QED) is 0.252. The normalized spacial score (nSPS) is 16.3. The molecule has 39 heavy (non-hydrogen) atoms. The number of hydrogen-bond donors (Lipinski definition) is 1. The van der Waals surface area contributed by atoms with Crippen LogP contribution in [0, 0.1) is 6.92 Å². The monoisotopic (exact) mass is 541 g/mol. The molecule has 2 aromatic heterocycles. The number of thiophene rings is 1. The van der Waals surface area contributed by atoms with Crippen LogP contribution in [0.2, 0.25) is 0 Å². The van der Waals surface area contributed by atoms with Crippen molar-refractivity contribution in [2.24, 2.45) is 0 Å². The first-order valence-corrected chi connectivity index (χ1v) is 14.8. The lowest BCUT2D eigenvalue weighted by Gasteiger charge is -2.17. The van der Waals surface area contributed by atoms with Crippen LogP contribution in [-0.4, -0.2) is 65.0 Å². The third-order valence-corrected chi connectivity index (χ3v) is 9.15. The molecule has 2 aliphatic rings. The second-order valence-electron chi connectivity index (χ2n) is 10.7. The largest absolute Gasteiger partial charge is 0.508 e. The molecule has 202 valence electrons. The van der Waals surface area contributed by atoms with Crippen molar-refractivity contribution in [3.05, 3.63) is 77.0 Å². The fourth-order valence-electron chi connectivity index (χ4n) is 5.74. The number of pyridine rings is 1. The molecule has 1 N–H and O–H groups in total. The summed E-state index contributed by atoms with van der Waals surface area (Å²) in [6.45, 7) is 9.15. The highest BCUT2D eigenvalue weighted by Gasteiger charge is 2.23. The van der Waals surface area contributed by atoms with Crippen LogP contribution in [0.25, 0.3) is 20.5 Å². The predicted molar refractivity (Wildman–Crippen MR) is 157 cm³/mol. The van der Waals surface area contributed by atoms with Crippen molar-refractivity contribution in [2.45, 2.75) is 39.2 Å². The van der Waals surface area contributed by atoms with Crippen LogP contribution < -0.4 is 4.74 Å². The number of aromatic nitrogens is 1. The van der Waals surface area contributed by atoms with Gasteiger partial charge in [0.25, 0.3) is 0 Å². The number of rotatable bonds is 9. The molecule has 0 saturated carbocycles. The highest BCUT2D eigenvalue weighted by molar-refractivity contribution is 7.22. The average molecular weight is 542 g/mol. The summed E-state index contributed by atoms with van der Waals surface area (Å²) >= 11 is 1.51. The summed E-state index contributed by atoms with van der Waals surface area (Å²) < 4.78 is 6.78. The van der Waals surface area contributed by atoms with Crippen LogP contribution in [-0.2, 0) is 6.54 Å². The van der Waals surface area contributed by atoms with E-state index >= 15 is 0 Å². The number of likely N-dealkylation sites (tertiary alicyclic amines) is 2. The SMILES string of the molecule is Cc1cc(C(=O)c2c(-c3ccc(OCCN4CCCC4)nc3)sc3cc(O)ccc23)ccc1CN1CCCC1. The van der Waals surface area contributed by atoms with Crippen molar-refractivity contribution >= 4 is 27.2 Å². The van der Waals surface area contributed by atoms with Gasteiger partial charge in [-0.05, 0) is 100 Å². The molecule has 4 heterocycles. The van der Waals surface area contributed by atoms with E-state index in [1.54, 1.807) is 18.3 Å². The number of aryl methyl sites for hydroxylation is 1. The van der Waals surface area contributed by atoms with E-state index in [4.69, 9.17) is 4.74 Å². The van der Waals surface area contributed by atoms with Crippen molar-refractivity contribution in [3.63, 3.8) is 0 Å². The van der Waals surface area contributed by atoms with Gasteiger partial charge in [0.15, 0.2) is 5.78 Å². The first-order valence-electron chi connectivity index (χ1n) is 14.0. The lowest BCUT2D eigenvalue weighted by Crippen LogP contribution is -2.25. The highest BCUT2D eigenvalue weighted by atomic mass is 32.1. The zero-order valence-electron chi connectivity index (χ0n) is 22.5. The van der Waals surface area contributed by atoms with E-state index in [1.807, 2.05) is 30.3 Å². The van der Waals surface area contributed by atoms with Crippen LogP contribution in [0.15, 0.2) is 54.7 Å². The number of carbonyl (C=O) groups excluding carboxylic acids is 1. The van der Waals surface area contributed by atoms with Gasteiger partial charge in [0, 0.05) is 57.0 Å². The maximum atomic E-state index is 14.0. The molecule has 2 aromatic carbocycles. The molecule has 4 aromatic rings. The standard InChI is InChI=1S/C32H35N3O3S/c1-22-18-23(6-7-25(22)21-35-14-4-5-15-35)31(37)30-27-10-9-26(36)19-28(27)39-32(30)24-8-11-29(33-20-24)38-17-16-34-12-2-3-13-34/h6-11,18-20,36H,2-5,12-17,21H2,1H3. The molecule has 0 radical (unpaired) electrons. The summed E-state index contributed by atoms with van der Waals surface area (Å²) in [7, 11) is 0. The first kappa shape index (κ1) is 26.0. The fourth-order valence-corrected chi connectivity index (χ4v) is 6.96. The van der Waals surface area contributed by atoms with E-state index in [9.17, 15) is 9.90 Å². The molecule has 6 rings (SSSR count). The minimum Gasteiger partial charge on any atom is -0.508 e. The average Bonchev–Trinajstić information content (AvgIpc) is 3.71. The lowest BCUT2D eigenvalue weighted by molar-refractivity contribution is 0.104. The number of fused-ring (bicyclic) bond motifs is 1. The molecular weight excluding hydrogens is 506 g/mol. The Kier molecular flexibility index (Phi) is 7.64. The van der Waals surface area contributed by atoms with Gasteiger partial charge in [0.2, 0.25) is 5.88 Å². The van der Waals surface area contributed by atoms with Gasteiger partial charge >= 0.3 is 0 Å². The van der Waals surface area contributed by atoms with Crippen LogP contribution in [0.4, 0.5) is 0 Å². The molecule has 2 saturated heterocycles. The molecule has 0 aliphatic carbocycles. The van der Waals surface area contributed by atoms with Crippen molar-refractivity contribution < 1.29 is 14.6 Å². The second kappa shape index (κ2) is 11.5. The third kappa shape index (κ3) is 5.71. The Hall–Kier alpha value is -3.26. The van der Waals surface area contributed by atoms with Gasteiger partial charge < -0.3 is 9.84 Å². The molecule has 0 bridgehead atoms. The van der Waals surface area contributed by atoms with E-state index in [0.29, 0.717) is 23.6 Å². The minimum atomic E-state index is -0.0105. The van der Waals surface area contributed by atoms with Gasteiger partial charge in [0.05, 0.1) is 0 Å². The molecular formula is C32H35N3O3S. The van der Waals surface area contributed by atoms with Crippen LogP contribution in [0.3, 0.4) is 0 Å². The smallest absolute Gasteiger partial charge is 0.213 e. The Labute approximate surface area is 233 Å². The zero-order chi connectivity index (χ0) is 26.8. The van der Waals surface area contributed by atoms with Crippen molar-refractivity contribution in [1.29, 1.82) is 0 Å². The van der Waals surface area contributed by atoms with Gasteiger partial charge in [-0.1, -0.05) is 12.1 Å². The Balaban J connectivity index is 1.27. The Morgan fingerprint density at radius 2 is 1.74 bits per heavy atom. The molecule has 0 atom stereocenters. The second-order valence-corrected chi connectivity index (χ2v) is 11.8. The predicted octanol–water partition coefficient (Wildman–Crippen LogP) is 6.28. The molecule has 0 amide bonds. The van der Waals surface area contributed by atoms with E-state index in [0.717, 1.165) is 65.4 Å². The van der Waals surface area contributed by atoms with Crippen molar-refractivity contribution in [1.82, 2.24) is 14.8 Å². The van der Waals surface area contributed by atoms with E-state index in [-0.39, 0.29) is 11.5 Å². The number of benzene rings is 2. The molecule has 2 fully saturated rings. The van der Waals surface area contributed by atoms with E-state index < -0.39 is 0 Å². The fraction of sp³-hybridized carbons (Fsp3) is 0.375. The van der Waals surface area contributed by atoms with Crippen LogP contribution in [0.5, 0.6) is 11.6 Å². The Morgan fingerprint density at radius 1 is 0.974 bits per heavy atom. The number of ketones is 1. The Morgan fingerprint density at radius 3 is 2.46 bits per heavy atom. The van der Waals surface area contributed by atoms with Gasteiger partial charge in [-0.2, -0.15) is 0 Å². The topological polar surface area (TPSA) is 65.9 Å². The summed E-state index contributed by atoms with van der Waals surface area (Å²) in [5.74, 6) is 0.772. The molecule has 2 aliphatic heterocycles.